The highest BCUT2D eigenvalue weighted by Gasteiger charge is 2.10. The molecule has 0 bridgehead atoms. The van der Waals surface area contributed by atoms with Crippen LogP contribution in [0.5, 0.6) is 0 Å². The maximum atomic E-state index is 10.5. The van der Waals surface area contributed by atoms with Crippen LogP contribution in [0.15, 0.2) is 30.5 Å². The molecule has 2 rings (SSSR count). The summed E-state index contributed by atoms with van der Waals surface area (Å²) in [7, 11) is 0. The number of rotatable bonds is 2. The van der Waals surface area contributed by atoms with Crippen LogP contribution in [-0.2, 0) is 4.79 Å². The molecule has 82 valence electrons. The van der Waals surface area contributed by atoms with Crippen molar-refractivity contribution in [3.8, 4) is 0 Å². The summed E-state index contributed by atoms with van der Waals surface area (Å²) in [5.74, 6) is -0.971. The monoisotopic (exact) mass is 235 g/mol. The lowest BCUT2D eigenvalue weighted by molar-refractivity contribution is -0.131. The number of carboxylic acids is 1. The van der Waals surface area contributed by atoms with Crippen molar-refractivity contribution in [2.75, 3.05) is 0 Å². The van der Waals surface area contributed by atoms with E-state index in [0.29, 0.717) is 5.02 Å². The lowest BCUT2D eigenvalue weighted by Gasteiger charge is -1.97. The van der Waals surface area contributed by atoms with Gasteiger partial charge in [0.2, 0.25) is 0 Å². The molecule has 16 heavy (non-hydrogen) atoms. The van der Waals surface area contributed by atoms with Crippen molar-refractivity contribution < 1.29 is 9.90 Å². The fourth-order valence-electron chi connectivity index (χ4n) is 1.67. The molecule has 0 aliphatic carbocycles. The van der Waals surface area contributed by atoms with E-state index in [9.17, 15) is 4.79 Å². The molecule has 0 aliphatic rings. The van der Waals surface area contributed by atoms with Crippen LogP contribution in [0, 0.1) is 6.92 Å². The van der Waals surface area contributed by atoms with E-state index in [-0.39, 0.29) is 0 Å². The molecule has 0 saturated heterocycles. The molecule has 0 aliphatic heterocycles. The number of aromatic nitrogens is 1. The van der Waals surface area contributed by atoms with Gasteiger partial charge in [0.25, 0.3) is 0 Å². The summed E-state index contributed by atoms with van der Waals surface area (Å²) in [6.45, 7) is 1.87. The van der Waals surface area contributed by atoms with E-state index in [4.69, 9.17) is 16.7 Å². The number of hydrogen-bond donors (Lipinski definition) is 1. The quantitative estimate of drug-likeness (QED) is 0.813. The molecule has 3 nitrogen and oxygen atoms in total. The first kappa shape index (κ1) is 10.8. The predicted octanol–water partition coefficient (Wildman–Crippen LogP) is 3.00. The molecule has 0 spiro atoms. The van der Waals surface area contributed by atoms with Crippen LogP contribution in [0.1, 0.15) is 11.3 Å². The van der Waals surface area contributed by atoms with Crippen molar-refractivity contribution in [3.05, 3.63) is 46.8 Å². The van der Waals surface area contributed by atoms with Gasteiger partial charge in [-0.2, -0.15) is 0 Å². The Balaban J connectivity index is 2.69. The number of pyridine rings is 1. The van der Waals surface area contributed by atoms with Gasteiger partial charge in [-0.15, -0.1) is 0 Å². The van der Waals surface area contributed by atoms with Crippen molar-refractivity contribution in [1.29, 1.82) is 0 Å². The molecule has 2 aromatic rings. The summed E-state index contributed by atoms with van der Waals surface area (Å²) in [6.07, 6.45) is 4.52. The standard InChI is InChI=1S/C12H10ClNO2/c1-8-9(5-6-11(15)16)14-7-3-2-4-10(14)12(8)13/h2-7H,1H3,(H,15,16)/b6-5+. The summed E-state index contributed by atoms with van der Waals surface area (Å²) in [4.78, 5) is 10.5. The first-order valence-electron chi connectivity index (χ1n) is 4.77. The van der Waals surface area contributed by atoms with Gasteiger partial charge in [0, 0.05) is 12.3 Å². The minimum Gasteiger partial charge on any atom is -0.478 e. The fourth-order valence-corrected chi connectivity index (χ4v) is 1.92. The van der Waals surface area contributed by atoms with Gasteiger partial charge in [0.15, 0.2) is 0 Å². The minimum atomic E-state index is -0.971. The lowest BCUT2D eigenvalue weighted by Crippen LogP contribution is -1.90. The van der Waals surface area contributed by atoms with E-state index in [1.54, 1.807) is 6.08 Å². The molecule has 0 saturated carbocycles. The van der Waals surface area contributed by atoms with Gasteiger partial charge in [-0.3, -0.25) is 0 Å². The summed E-state index contributed by atoms with van der Waals surface area (Å²) < 4.78 is 1.87. The predicted molar refractivity (Wildman–Crippen MR) is 63.8 cm³/mol. The van der Waals surface area contributed by atoms with Gasteiger partial charge >= 0.3 is 5.97 Å². The third kappa shape index (κ3) is 1.70. The van der Waals surface area contributed by atoms with E-state index in [2.05, 4.69) is 0 Å². The number of carbonyl (C=O) groups is 1. The third-order valence-electron chi connectivity index (χ3n) is 2.44. The first-order valence-corrected chi connectivity index (χ1v) is 5.15. The van der Waals surface area contributed by atoms with Crippen LogP contribution >= 0.6 is 11.6 Å². The zero-order chi connectivity index (χ0) is 11.7. The summed E-state index contributed by atoms with van der Waals surface area (Å²) in [5, 5.41) is 9.27. The topological polar surface area (TPSA) is 41.7 Å². The number of aliphatic carboxylic acids is 1. The lowest BCUT2D eigenvalue weighted by atomic mass is 10.2. The number of hydrogen-bond acceptors (Lipinski definition) is 1. The van der Waals surface area contributed by atoms with Crippen LogP contribution in [0.3, 0.4) is 0 Å². The number of halogens is 1. The van der Waals surface area contributed by atoms with Gasteiger partial charge in [0.1, 0.15) is 0 Å². The Morgan fingerprint density at radius 1 is 1.50 bits per heavy atom. The minimum absolute atomic E-state index is 0.658. The largest absolute Gasteiger partial charge is 0.478 e. The zero-order valence-corrected chi connectivity index (χ0v) is 9.40. The van der Waals surface area contributed by atoms with Crippen molar-refractivity contribution in [1.82, 2.24) is 4.40 Å². The molecular weight excluding hydrogens is 226 g/mol. The zero-order valence-electron chi connectivity index (χ0n) is 8.64. The Hall–Kier alpha value is -1.74. The molecule has 1 N–H and O–H groups in total. The second kappa shape index (κ2) is 4.02. The molecule has 2 heterocycles. The summed E-state index contributed by atoms with van der Waals surface area (Å²) in [6, 6.07) is 5.67. The SMILES string of the molecule is Cc1c(Cl)c2ccccn2c1/C=C/C(=O)O. The van der Waals surface area contributed by atoms with E-state index in [0.717, 1.165) is 22.9 Å². The van der Waals surface area contributed by atoms with E-state index < -0.39 is 5.97 Å². The Bertz CT molecular complexity index is 584. The van der Waals surface area contributed by atoms with Crippen molar-refractivity contribution in [2.24, 2.45) is 0 Å². The molecule has 4 heteroatoms. The highest BCUT2D eigenvalue weighted by molar-refractivity contribution is 6.35. The molecule has 0 atom stereocenters. The maximum absolute atomic E-state index is 10.5. The normalized spacial score (nSPS) is 11.4. The van der Waals surface area contributed by atoms with E-state index >= 15 is 0 Å². The summed E-state index contributed by atoms with van der Waals surface area (Å²) in [5.41, 5.74) is 2.56. The van der Waals surface area contributed by atoms with Gasteiger partial charge in [-0.25, -0.2) is 4.79 Å². The van der Waals surface area contributed by atoms with Crippen LogP contribution < -0.4 is 0 Å². The number of carboxylic acid groups (broad SMARTS) is 1. The molecule has 0 fully saturated rings. The van der Waals surface area contributed by atoms with Crippen LogP contribution in [-0.4, -0.2) is 15.5 Å². The molecular formula is C12H10ClNO2. The van der Waals surface area contributed by atoms with Crippen LogP contribution in [0.2, 0.25) is 5.02 Å². The molecule has 0 radical (unpaired) electrons. The van der Waals surface area contributed by atoms with Gasteiger partial charge in [0.05, 0.1) is 16.2 Å². The Morgan fingerprint density at radius 2 is 2.25 bits per heavy atom. The Morgan fingerprint density at radius 3 is 2.94 bits per heavy atom. The highest BCUT2D eigenvalue weighted by Crippen LogP contribution is 2.28. The first-order chi connectivity index (χ1) is 7.61. The molecule has 0 amide bonds. The van der Waals surface area contributed by atoms with Gasteiger partial charge < -0.3 is 9.51 Å². The van der Waals surface area contributed by atoms with E-state index in [1.807, 2.05) is 35.7 Å². The average Bonchev–Trinajstić information content (AvgIpc) is 2.50. The van der Waals surface area contributed by atoms with Crippen LogP contribution in [0.25, 0.3) is 11.6 Å². The third-order valence-corrected chi connectivity index (χ3v) is 2.92. The maximum Gasteiger partial charge on any atom is 0.328 e. The average molecular weight is 236 g/mol. The second-order valence-corrected chi connectivity index (χ2v) is 3.83. The molecule has 0 aromatic carbocycles. The van der Waals surface area contributed by atoms with E-state index in [1.165, 1.54) is 0 Å². The molecule has 2 aromatic heterocycles. The smallest absolute Gasteiger partial charge is 0.328 e. The highest BCUT2D eigenvalue weighted by atomic mass is 35.5. The van der Waals surface area contributed by atoms with Crippen LogP contribution in [0.4, 0.5) is 0 Å². The number of nitrogens with zero attached hydrogens (tertiary/aromatic N) is 1. The Kier molecular flexibility index (Phi) is 2.71. The number of fused-ring (bicyclic) bond motifs is 1. The van der Waals surface area contributed by atoms with Crippen molar-refractivity contribution >= 4 is 29.2 Å². The van der Waals surface area contributed by atoms with Gasteiger partial charge in [-0.05, 0) is 30.7 Å². The fraction of sp³-hybridized carbons (Fsp3) is 0.0833. The molecule has 0 unspecified atom stereocenters. The van der Waals surface area contributed by atoms with Crippen molar-refractivity contribution in [2.45, 2.75) is 6.92 Å². The Labute approximate surface area is 97.6 Å². The summed E-state index contributed by atoms with van der Waals surface area (Å²) >= 11 is 6.16. The van der Waals surface area contributed by atoms with Crippen molar-refractivity contribution in [3.63, 3.8) is 0 Å². The van der Waals surface area contributed by atoms with Gasteiger partial charge in [-0.1, -0.05) is 17.7 Å². The second-order valence-electron chi connectivity index (χ2n) is 3.45.